The number of hydrogen-bond acceptors (Lipinski definition) is 4. The zero-order valence-electron chi connectivity index (χ0n) is 17.7. The average Bonchev–Trinajstić information content (AvgIpc) is 3.52. The molecule has 0 aromatic heterocycles. The molecule has 2 aromatic rings. The van der Waals surface area contributed by atoms with E-state index in [1.54, 1.807) is 0 Å². The van der Waals surface area contributed by atoms with E-state index in [9.17, 15) is 0 Å². The molecule has 0 bridgehead atoms. The van der Waals surface area contributed by atoms with Crippen molar-refractivity contribution in [3.8, 4) is 0 Å². The number of nitrogens with one attached hydrogen (secondary N) is 2. The van der Waals surface area contributed by atoms with Crippen LogP contribution in [0.3, 0.4) is 0 Å². The fraction of sp³-hybridized carbons (Fsp3) is 0.462. The molecule has 160 valence electrons. The van der Waals surface area contributed by atoms with E-state index in [1.807, 2.05) is 0 Å². The quantitative estimate of drug-likeness (QED) is 0.578. The first-order chi connectivity index (χ1) is 14.9. The van der Waals surface area contributed by atoms with Gasteiger partial charge in [0.1, 0.15) is 0 Å². The molecule has 4 unspecified atom stereocenters. The van der Waals surface area contributed by atoms with Gasteiger partial charge in [0, 0.05) is 50.2 Å². The Morgan fingerprint density at radius 1 is 0.700 bits per heavy atom. The fourth-order valence-electron chi connectivity index (χ4n) is 4.62. The summed E-state index contributed by atoms with van der Waals surface area (Å²) < 4.78 is 11.3. The van der Waals surface area contributed by atoms with Crippen LogP contribution in [0.15, 0.2) is 72.8 Å². The van der Waals surface area contributed by atoms with Crippen molar-refractivity contribution in [1.82, 2.24) is 10.6 Å². The van der Waals surface area contributed by atoms with Crippen molar-refractivity contribution in [2.45, 2.75) is 24.9 Å². The van der Waals surface area contributed by atoms with Crippen molar-refractivity contribution in [1.29, 1.82) is 0 Å². The molecule has 4 nitrogen and oxygen atoms in total. The Labute approximate surface area is 180 Å². The normalized spacial score (nSPS) is 23.7. The van der Waals surface area contributed by atoms with E-state index in [0.717, 1.165) is 52.4 Å². The van der Waals surface area contributed by atoms with Gasteiger partial charge in [-0.25, -0.2) is 0 Å². The molecule has 0 radical (unpaired) electrons. The molecule has 30 heavy (non-hydrogen) atoms. The topological polar surface area (TPSA) is 42.5 Å². The summed E-state index contributed by atoms with van der Waals surface area (Å²) >= 11 is 0. The van der Waals surface area contributed by atoms with E-state index in [1.165, 1.54) is 11.1 Å². The first-order valence-electron chi connectivity index (χ1n) is 11.3. The summed E-state index contributed by atoms with van der Waals surface area (Å²) in [5.41, 5.74) is 2.70. The number of hydrogen-bond donors (Lipinski definition) is 2. The van der Waals surface area contributed by atoms with Crippen LogP contribution < -0.4 is 10.6 Å². The van der Waals surface area contributed by atoms with Gasteiger partial charge in [0.25, 0.3) is 0 Å². The summed E-state index contributed by atoms with van der Waals surface area (Å²) in [6, 6.07) is 22.2. The molecule has 2 N–H and O–H groups in total. The van der Waals surface area contributed by atoms with Crippen LogP contribution in [-0.4, -0.2) is 39.5 Å². The minimum atomic E-state index is 0.346. The molecule has 0 aliphatic carbocycles. The summed E-state index contributed by atoms with van der Waals surface area (Å²) in [6.45, 7) is 5.17. The Balaban J connectivity index is 1.29. The van der Waals surface area contributed by atoms with Gasteiger partial charge in [0.15, 0.2) is 0 Å². The molecule has 2 aromatic carbocycles. The van der Waals surface area contributed by atoms with Crippen LogP contribution in [0.25, 0.3) is 0 Å². The largest absolute Gasteiger partial charge is 0.381 e. The van der Waals surface area contributed by atoms with Crippen LogP contribution >= 0.6 is 0 Å². The molecule has 0 amide bonds. The highest BCUT2D eigenvalue weighted by Gasteiger charge is 2.27. The summed E-state index contributed by atoms with van der Waals surface area (Å²) in [5.74, 6) is 1.09. The van der Waals surface area contributed by atoms with Crippen molar-refractivity contribution >= 4 is 0 Å². The predicted molar refractivity (Wildman–Crippen MR) is 121 cm³/mol. The van der Waals surface area contributed by atoms with E-state index >= 15 is 0 Å². The molecule has 0 spiro atoms. The second-order valence-corrected chi connectivity index (χ2v) is 8.31. The SMILES string of the molecule is C(=C\CNC(c1ccccc1)C1CCOC1)/CNC(c1ccccc1)C1CCOC1. The van der Waals surface area contributed by atoms with E-state index in [-0.39, 0.29) is 0 Å². The maximum absolute atomic E-state index is 5.64. The van der Waals surface area contributed by atoms with Crippen LogP contribution in [0.5, 0.6) is 0 Å². The van der Waals surface area contributed by atoms with Gasteiger partial charge in [0.05, 0.1) is 13.2 Å². The van der Waals surface area contributed by atoms with Crippen molar-refractivity contribution in [3.63, 3.8) is 0 Å². The third-order valence-corrected chi connectivity index (χ3v) is 6.27. The third kappa shape index (κ3) is 5.79. The highest BCUT2D eigenvalue weighted by molar-refractivity contribution is 5.21. The van der Waals surface area contributed by atoms with Gasteiger partial charge in [-0.3, -0.25) is 0 Å². The molecular weight excluding hydrogens is 372 g/mol. The Kier molecular flexibility index (Phi) is 8.09. The summed E-state index contributed by atoms with van der Waals surface area (Å²) in [4.78, 5) is 0. The molecular formula is C26H34N2O2. The molecule has 2 saturated heterocycles. The Bertz CT molecular complexity index is 688. The van der Waals surface area contributed by atoms with Crippen LogP contribution in [-0.2, 0) is 9.47 Å². The van der Waals surface area contributed by atoms with E-state index < -0.39 is 0 Å². The van der Waals surface area contributed by atoms with Crippen LogP contribution in [0, 0.1) is 11.8 Å². The van der Waals surface area contributed by atoms with Crippen molar-refractivity contribution < 1.29 is 9.47 Å². The lowest BCUT2D eigenvalue weighted by Gasteiger charge is -2.24. The van der Waals surface area contributed by atoms with E-state index in [0.29, 0.717) is 23.9 Å². The number of ether oxygens (including phenoxy) is 2. The number of benzene rings is 2. The zero-order chi connectivity index (χ0) is 20.4. The first-order valence-corrected chi connectivity index (χ1v) is 11.3. The lowest BCUT2D eigenvalue weighted by Crippen LogP contribution is -2.30. The summed E-state index contributed by atoms with van der Waals surface area (Å²) in [6.07, 6.45) is 6.73. The average molecular weight is 407 g/mol. The van der Waals surface area contributed by atoms with Crippen LogP contribution in [0.1, 0.15) is 36.1 Å². The van der Waals surface area contributed by atoms with Crippen molar-refractivity contribution in [2.75, 3.05) is 39.5 Å². The zero-order valence-corrected chi connectivity index (χ0v) is 17.7. The van der Waals surface area contributed by atoms with Gasteiger partial charge in [-0.2, -0.15) is 0 Å². The first kappa shape index (κ1) is 21.3. The van der Waals surface area contributed by atoms with Gasteiger partial charge >= 0.3 is 0 Å². The van der Waals surface area contributed by atoms with Crippen LogP contribution in [0.4, 0.5) is 0 Å². The van der Waals surface area contributed by atoms with Crippen LogP contribution in [0.2, 0.25) is 0 Å². The maximum atomic E-state index is 5.64. The summed E-state index contributed by atoms with van der Waals surface area (Å²) in [7, 11) is 0. The summed E-state index contributed by atoms with van der Waals surface area (Å²) in [5, 5.41) is 7.48. The lowest BCUT2D eigenvalue weighted by atomic mass is 9.92. The monoisotopic (exact) mass is 406 g/mol. The molecule has 2 fully saturated rings. The number of rotatable bonds is 10. The molecule has 2 heterocycles. The van der Waals surface area contributed by atoms with Gasteiger partial charge in [-0.1, -0.05) is 72.8 Å². The lowest BCUT2D eigenvalue weighted by molar-refractivity contribution is 0.177. The minimum Gasteiger partial charge on any atom is -0.381 e. The van der Waals surface area contributed by atoms with Gasteiger partial charge in [-0.15, -0.1) is 0 Å². The van der Waals surface area contributed by atoms with Crippen molar-refractivity contribution in [3.05, 3.63) is 83.9 Å². The molecule has 4 heteroatoms. The van der Waals surface area contributed by atoms with E-state index in [2.05, 4.69) is 83.4 Å². The highest BCUT2D eigenvalue weighted by atomic mass is 16.5. The molecule has 2 aliphatic rings. The fourth-order valence-corrected chi connectivity index (χ4v) is 4.62. The molecule has 2 aliphatic heterocycles. The standard InChI is InChI=1S/C26H34N2O2/c1-3-9-21(10-4-1)25(23-13-17-29-19-23)27-15-7-8-16-28-26(24-14-18-30-20-24)22-11-5-2-6-12-22/h1-12,23-28H,13-20H2/b8-7+. The Morgan fingerprint density at radius 3 is 1.50 bits per heavy atom. The highest BCUT2D eigenvalue weighted by Crippen LogP contribution is 2.29. The van der Waals surface area contributed by atoms with Gasteiger partial charge < -0.3 is 20.1 Å². The third-order valence-electron chi connectivity index (χ3n) is 6.27. The van der Waals surface area contributed by atoms with Gasteiger partial charge in [-0.05, 0) is 24.0 Å². The maximum Gasteiger partial charge on any atom is 0.0513 e. The Morgan fingerprint density at radius 2 is 1.13 bits per heavy atom. The van der Waals surface area contributed by atoms with Crippen molar-refractivity contribution in [2.24, 2.45) is 11.8 Å². The minimum absolute atomic E-state index is 0.346. The van der Waals surface area contributed by atoms with E-state index in [4.69, 9.17) is 9.47 Å². The smallest absolute Gasteiger partial charge is 0.0513 e. The molecule has 4 atom stereocenters. The second-order valence-electron chi connectivity index (χ2n) is 8.31. The molecule has 4 rings (SSSR count). The Hall–Kier alpha value is -1.98. The van der Waals surface area contributed by atoms with Gasteiger partial charge in [0.2, 0.25) is 0 Å². The predicted octanol–water partition coefficient (Wildman–Crippen LogP) is 4.28. The molecule has 0 saturated carbocycles. The second kappa shape index (κ2) is 11.4.